The highest BCUT2D eigenvalue weighted by Crippen LogP contribution is 2.32. The van der Waals surface area contributed by atoms with E-state index in [9.17, 15) is 13.6 Å². The zero-order valence-corrected chi connectivity index (χ0v) is 15.0. The number of rotatable bonds is 3. The van der Waals surface area contributed by atoms with Gasteiger partial charge in [0.2, 0.25) is 5.91 Å². The zero-order chi connectivity index (χ0) is 18.8. The number of nitrogens with zero attached hydrogens (tertiary/aromatic N) is 4. The first-order chi connectivity index (χ1) is 13.1. The van der Waals surface area contributed by atoms with Gasteiger partial charge in [0.05, 0.1) is 24.1 Å². The van der Waals surface area contributed by atoms with Crippen LogP contribution in [0.3, 0.4) is 0 Å². The Morgan fingerprint density at radius 2 is 1.81 bits per heavy atom. The van der Waals surface area contributed by atoms with E-state index in [1.54, 1.807) is 23.2 Å². The molecule has 0 bridgehead atoms. The second-order valence-electron chi connectivity index (χ2n) is 7.20. The average Bonchev–Trinajstić information content (AvgIpc) is 3.14. The summed E-state index contributed by atoms with van der Waals surface area (Å²) in [6, 6.07) is 6.25. The Balaban J connectivity index is 1.46. The van der Waals surface area contributed by atoms with Crippen LogP contribution in [-0.4, -0.2) is 53.1 Å². The predicted octanol–water partition coefficient (Wildman–Crippen LogP) is 3.07. The number of alkyl halides is 1. The predicted molar refractivity (Wildman–Crippen MR) is 98.5 cm³/mol. The third-order valence-corrected chi connectivity index (χ3v) is 5.44. The van der Waals surface area contributed by atoms with Crippen LogP contribution in [-0.2, 0) is 4.79 Å². The van der Waals surface area contributed by atoms with Gasteiger partial charge in [0.15, 0.2) is 0 Å². The maximum atomic E-state index is 13.4. The number of amides is 1. The summed E-state index contributed by atoms with van der Waals surface area (Å²) in [6.45, 7) is 2.19. The summed E-state index contributed by atoms with van der Waals surface area (Å²) in [5, 5.41) is 0. The van der Waals surface area contributed by atoms with Crippen molar-refractivity contribution in [3.05, 3.63) is 42.6 Å². The standard InChI is InChI=1S/C20H22F2N4O/c21-16-3-1-14(2-4-16)19-18(11-23-13-24-19)25-8-5-15(6-9-25)20(27)26-10-7-17(22)12-26/h1-4,11,13,15,17H,5-10,12H2/t17-/m1/s1. The van der Waals surface area contributed by atoms with E-state index in [0.717, 1.165) is 29.8 Å². The molecule has 0 saturated carbocycles. The minimum Gasteiger partial charge on any atom is -0.368 e. The average molecular weight is 372 g/mol. The van der Waals surface area contributed by atoms with Crippen LogP contribution in [0.25, 0.3) is 11.3 Å². The maximum absolute atomic E-state index is 13.4. The molecule has 1 amide bonds. The van der Waals surface area contributed by atoms with E-state index >= 15 is 0 Å². The molecule has 2 aliphatic rings. The van der Waals surface area contributed by atoms with Gasteiger partial charge in [0.25, 0.3) is 0 Å². The van der Waals surface area contributed by atoms with Crippen molar-refractivity contribution < 1.29 is 13.6 Å². The summed E-state index contributed by atoms with van der Waals surface area (Å²) in [5.41, 5.74) is 2.48. The minimum atomic E-state index is -0.881. The number of aromatic nitrogens is 2. The lowest BCUT2D eigenvalue weighted by Crippen LogP contribution is -2.42. The Kier molecular flexibility index (Phi) is 5.01. The highest BCUT2D eigenvalue weighted by atomic mass is 19.1. The van der Waals surface area contributed by atoms with Crippen molar-refractivity contribution in [2.24, 2.45) is 5.92 Å². The molecule has 2 saturated heterocycles. The third-order valence-electron chi connectivity index (χ3n) is 5.44. The summed E-state index contributed by atoms with van der Waals surface area (Å²) in [4.78, 5) is 25.0. The Labute approximate surface area is 157 Å². The second-order valence-corrected chi connectivity index (χ2v) is 7.20. The van der Waals surface area contributed by atoms with Gasteiger partial charge in [0, 0.05) is 31.1 Å². The van der Waals surface area contributed by atoms with E-state index in [2.05, 4.69) is 14.9 Å². The summed E-state index contributed by atoms with van der Waals surface area (Å²) in [6.07, 6.45) is 4.27. The van der Waals surface area contributed by atoms with Crippen LogP contribution in [0.15, 0.2) is 36.8 Å². The molecule has 0 spiro atoms. The maximum Gasteiger partial charge on any atom is 0.225 e. The van der Waals surface area contributed by atoms with Gasteiger partial charge in [-0.2, -0.15) is 0 Å². The number of piperidine rings is 1. The van der Waals surface area contributed by atoms with E-state index in [1.807, 2.05) is 0 Å². The molecular weight excluding hydrogens is 350 g/mol. The van der Waals surface area contributed by atoms with Gasteiger partial charge < -0.3 is 9.80 Å². The van der Waals surface area contributed by atoms with Gasteiger partial charge >= 0.3 is 0 Å². The summed E-state index contributed by atoms with van der Waals surface area (Å²) < 4.78 is 26.6. The SMILES string of the molecule is O=C(C1CCN(c2cncnc2-c2ccc(F)cc2)CC1)N1CC[C@@H](F)C1. The molecule has 2 aromatic rings. The van der Waals surface area contributed by atoms with Gasteiger partial charge in [-0.3, -0.25) is 4.79 Å². The number of hydrogen-bond acceptors (Lipinski definition) is 4. The first-order valence-electron chi connectivity index (χ1n) is 9.35. The van der Waals surface area contributed by atoms with Crippen LogP contribution in [0.4, 0.5) is 14.5 Å². The van der Waals surface area contributed by atoms with Crippen molar-refractivity contribution in [3.63, 3.8) is 0 Å². The van der Waals surface area contributed by atoms with Gasteiger partial charge in [-0.15, -0.1) is 0 Å². The van der Waals surface area contributed by atoms with Crippen LogP contribution in [0.2, 0.25) is 0 Å². The zero-order valence-electron chi connectivity index (χ0n) is 15.0. The lowest BCUT2D eigenvalue weighted by atomic mass is 9.94. The first-order valence-corrected chi connectivity index (χ1v) is 9.35. The summed E-state index contributed by atoms with van der Waals surface area (Å²) in [7, 11) is 0. The number of hydrogen-bond donors (Lipinski definition) is 0. The molecule has 142 valence electrons. The fourth-order valence-electron chi connectivity index (χ4n) is 3.93. The number of halogens is 2. The monoisotopic (exact) mass is 372 g/mol. The van der Waals surface area contributed by atoms with Crippen LogP contribution in [0.5, 0.6) is 0 Å². The van der Waals surface area contributed by atoms with E-state index in [0.29, 0.717) is 26.1 Å². The molecule has 2 fully saturated rings. The van der Waals surface area contributed by atoms with Crippen molar-refractivity contribution in [2.75, 3.05) is 31.1 Å². The van der Waals surface area contributed by atoms with Crippen molar-refractivity contribution in [3.8, 4) is 11.3 Å². The highest BCUT2D eigenvalue weighted by Gasteiger charge is 2.33. The molecule has 0 radical (unpaired) electrons. The Hall–Kier alpha value is -2.57. The van der Waals surface area contributed by atoms with Gasteiger partial charge in [0.1, 0.15) is 18.3 Å². The topological polar surface area (TPSA) is 49.3 Å². The summed E-state index contributed by atoms with van der Waals surface area (Å²) in [5.74, 6) is -0.255. The molecule has 0 N–H and O–H groups in total. The van der Waals surface area contributed by atoms with Gasteiger partial charge in [-0.1, -0.05) is 0 Å². The van der Waals surface area contributed by atoms with E-state index in [1.165, 1.54) is 18.5 Å². The number of carbonyl (C=O) groups is 1. The third kappa shape index (κ3) is 3.77. The highest BCUT2D eigenvalue weighted by molar-refractivity contribution is 5.80. The van der Waals surface area contributed by atoms with Crippen LogP contribution >= 0.6 is 0 Å². The Morgan fingerprint density at radius 3 is 2.48 bits per heavy atom. The van der Waals surface area contributed by atoms with E-state index in [4.69, 9.17) is 0 Å². The van der Waals surface area contributed by atoms with Crippen molar-refractivity contribution in [1.29, 1.82) is 0 Å². The smallest absolute Gasteiger partial charge is 0.225 e. The van der Waals surface area contributed by atoms with Crippen molar-refractivity contribution in [1.82, 2.24) is 14.9 Å². The first kappa shape index (κ1) is 17.8. The molecule has 5 nitrogen and oxygen atoms in total. The van der Waals surface area contributed by atoms with Crippen molar-refractivity contribution >= 4 is 11.6 Å². The quantitative estimate of drug-likeness (QED) is 0.831. The molecule has 2 aliphatic heterocycles. The lowest BCUT2D eigenvalue weighted by molar-refractivity contribution is -0.135. The number of anilines is 1. The largest absolute Gasteiger partial charge is 0.368 e. The van der Waals surface area contributed by atoms with Crippen LogP contribution < -0.4 is 4.90 Å². The molecule has 3 heterocycles. The number of carbonyl (C=O) groups excluding carboxylic acids is 1. The Bertz CT molecular complexity index is 806. The van der Waals surface area contributed by atoms with Crippen molar-refractivity contribution in [2.45, 2.75) is 25.4 Å². The molecular formula is C20H22F2N4O. The summed E-state index contributed by atoms with van der Waals surface area (Å²) >= 11 is 0. The van der Waals surface area contributed by atoms with E-state index < -0.39 is 6.17 Å². The normalized spacial score (nSPS) is 20.9. The second kappa shape index (κ2) is 7.58. The lowest BCUT2D eigenvalue weighted by Gasteiger charge is -2.35. The molecule has 4 rings (SSSR count). The number of benzene rings is 1. The molecule has 27 heavy (non-hydrogen) atoms. The molecule has 1 aromatic heterocycles. The Morgan fingerprint density at radius 1 is 1.07 bits per heavy atom. The molecule has 0 unspecified atom stereocenters. The van der Waals surface area contributed by atoms with Crippen LogP contribution in [0.1, 0.15) is 19.3 Å². The van der Waals surface area contributed by atoms with E-state index in [-0.39, 0.29) is 24.2 Å². The minimum absolute atomic E-state index is 0.0505. The van der Waals surface area contributed by atoms with Gasteiger partial charge in [-0.25, -0.2) is 18.7 Å². The van der Waals surface area contributed by atoms with Gasteiger partial charge in [-0.05, 0) is 43.5 Å². The molecule has 1 aromatic carbocycles. The number of likely N-dealkylation sites (tertiary alicyclic amines) is 1. The molecule has 7 heteroatoms. The van der Waals surface area contributed by atoms with Crippen LogP contribution in [0, 0.1) is 11.7 Å². The molecule has 0 aliphatic carbocycles. The fraction of sp³-hybridized carbons (Fsp3) is 0.450. The molecule has 1 atom stereocenters. The fourth-order valence-corrected chi connectivity index (χ4v) is 3.93.